The lowest BCUT2D eigenvalue weighted by atomic mass is 10.1. The Bertz CT molecular complexity index is 276. The molecule has 0 spiro atoms. The molecule has 13 heavy (non-hydrogen) atoms. The van der Waals surface area contributed by atoms with Crippen LogP contribution in [-0.2, 0) is 9.59 Å². The first-order chi connectivity index (χ1) is 5.94. The molecule has 0 aliphatic heterocycles. The lowest BCUT2D eigenvalue weighted by molar-refractivity contribution is -0.129. The minimum Gasteiger partial charge on any atom is -0.357 e. The van der Waals surface area contributed by atoms with E-state index < -0.39 is 11.4 Å². The number of carbonyl (C=O) groups is 2. The van der Waals surface area contributed by atoms with Crippen LogP contribution in [0.25, 0.3) is 0 Å². The molecule has 0 unspecified atom stereocenters. The molecule has 0 aromatic rings. The summed E-state index contributed by atoms with van der Waals surface area (Å²) in [4.78, 5) is 24.4. The first kappa shape index (κ1) is 12.0. The van der Waals surface area contributed by atoms with Crippen LogP contribution in [0.4, 0.5) is 0 Å². The second kappa shape index (κ2) is 4.87. The normalized spacial score (nSPS) is 9.54. The van der Waals surface area contributed by atoms with Gasteiger partial charge in [-0.3, -0.25) is 9.59 Å². The molecule has 0 atom stereocenters. The maximum atomic E-state index is 11.2. The van der Waals surface area contributed by atoms with E-state index in [2.05, 4.69) is 37.3 Å². The van der Waals surface area contributed by atoms with Gasteiger partial charge in [0.15, 0.2) is 0 Å². The van der Waals surface area contributed by atoms with Crippen molar-refractivity contribution in [2.24, 2.45) is 0 Å². The molecule has 0 radical (unpaired) electrons. The Morgan fingerprint density at radius 1 is 1.38 bits per heavy atom. The molecule has 0 saturated carbocycles. The Balaban J connectivity index is 4.39. The third-order valence-corrected chi connectivity index (χ3v) is 1.58. The van der Waals surface area contributed by atoms with E-state index in [0.717, 1.165) is 0 Å². The van der Waals surface area contributed by atoms with Crippen LogP contribution in [0.5, 0.6) is 0 Å². The van der Waals surface area contributed by atoms with Gasteiger partial charge in [-0.25, -0.2) is 0 Å². The molecule has 0 heterocycles. The number of halogens is 1. The Morgan fingerprint density at radius 2 is 1.92 bits per heavy atom. The van der Waals surface area contributed by atoms with Crippen LogP contribution in [0.2, 0.25) is 0 Å². The van der Waals surface area contributed by atoms with Gasteiger partial charge in [0.2, 0.25) is 5.91 Å². The zero-order chi connectivity index (χ0) is 10.5. The maximum absolute atomic E-state index is 11.2. The molecular weight excluding hydrogens is 236 g/mol. The molecule has 0 saturated heterocycles. The number of rotatable bonds is 2. The van der Waals surface area contributed by atoms with Gasteiger partial charge in [-0.05, 0) is 18.7 Å². The summed E-state index contributed by atoms with van der Waals surface area (Å²) < 4.78 is 0. The SMILES string of the molecule is CNC(=O)C(C)(C)NC(=O)C#CBr. The fraction of sp³-hybridized carbons (Fsp3) is 0.500. The molecule has 2 amide bonds. The van der Waals surface area contributed by atoms with E-state index in [-0.39, 0.29) is 5.91 Å². The van der Waals surface area contributed by atoms with Gasteiger partial charge in [-0.15, -0.1) is 0 Å². The highest BCUT2D eigenvalue weighted by Gasteiger charge is 2.27. The molecule has 0 aliphatic rings. The highest BCUT2D eigenvalue weighted by atomic mass is 79.9. The van der Waals surface area contributed by atoms with Crippen molar-refractivity contribution < 1.29 is 9.59 Å². The van der Waals surface area contributed by atoms with Gasteiger partial charge in [0.25, 0.3) is 5.91 Å². The molecule has 5 heteroatoms. The van der Waals surface area contributed by atoms with Crippen molar-refractivity contribution in [2.45, 2.75) is 19.4 Å². The van der Waals surface area contributed by atoms with Gasteiger partial charge in [-0.2, -0.15) is 0 Å². The van der Waals surface area contributed by atoms with Crippen LogP contribution >= 0.6 is 15.9 Å². The Labute approximate surface area is 85.6 Å². The molecule has 0 bridgehead atoms. The third-order valence-electron chi connectivity index (χ3n) is 1.38. The molecule has 0 aromatic carbocycles. The topological polar surface area (TPSA) is 58.2 Å². The molecule has 4 nitrogen and oxygen atoms in total. The number of amides is 2. The summed E-state index contributed by atoms with van der Waals surface area (Å²) in [7, 11) is 1.51. The third kappa shape index (κ3) is 3.95. The standard InChI is InChI=1S/C8H11BrN2O2/c1-8(2,7(13)10-3)11-6(12)4-5-9/h1-3H3,(H,10,13)(H,11,12). The zero-order valence-electron chi connectivity index (χ0n) is 7.69. The van der Waals surface area contributed by atoms with Crippen LogP contribution in [0.1, 0.15) is 13.8 Å². The van der Waals surface area contributed by atoms with E-state index in [1.165, 1.54) is 7.05 Å². The van der Waals surface area contributed by atoms with Crippen molar-refractivity contribution in [3.8, 4) is 10.8 Å². The fourth-order valence-electron chi connectivity index (χ4n) is 0.727. The molecule has 0 aromatic heterocycles. The molecular formula is C8H11BrN2O2. The summed E-state index contributed by atoms with van der Waals surface area (Å²) in [5.41, 5.74) is -0.942. The lowest BCUT2D eigenvalue weighted by Gasteiger charge is -2.22. The van der Waals surface area contributed by atoms with Crippen LogP contribution < -0.4 is 10.6 Å². The quantitative estimate of drug-likeness (QED) is 0.674. The first-order valence-electron chi connectivity index (χ1n) is 3.60. The summed E-state index contributed by atoms with van der Waals surface area (Å²) >= 11 is 2.79. The summed E-state index contributed by atoms with van der Waals surface area (Å²) in [5, 5.41) is 4.89. The van der Waals surface area contributed by atoms with Crippen molar-refractivity contribution in [3.05, 3.63) is 0 Å². The zero-order valence-corrected chi connectivity index (χ0v) is 9.28. The maximum Gasteiger partial charge on any atom is 0.297 e. The second-order valence-corrected chi connectivity index (χ2v) is 3.27. The lowest BCUT2D eigenvalue weighted by Crippen LogP contribution is -2.53. The summed E-state index contributed by atoms with van der Waals surface area (Å²) in [6.45, 7) is 3.19. The molecule has 72 valence electrons. The molecule has 0 fully saturated rings. The number of carbonyl (C=O) groups excluding carboxylic acids is 2. The van der Waals surface area contributed by atoms with Crippen molar-refractivity contribution in [1.29, 1.82) is 0 Å². The van der Waals surface area contributed by atoms with E-state index in [1.807, 2.05) is 0 Å². The molecule has 2 N–H and O–H groups in total. The van der Waals surface area contributed by atoms with E-state index in [4.69, 9.17) is 0 Å². The van der Waals surface area contributed by atoms with E-state index in [0.29, 0.717) is 0 Å². The Hall–Kier alpha value is -1.02. The van der Waals surface area contributed by atoms with Gasteiger partial charge in [0, 0.05) is 28.9 Å². The van der Waals surface area contributed by atoms with Gasteiger partial charge < -0.3 is 10.6 Å². The van der Waals surface area contributed by atoms with Crippen molar-refractivity contribution >= 4 is 27.7 Å². The Morgan fingerprint density at radius 3 is 2.31 bits per heavy atom. The smallest absolute Gasteiger partial charge is 0.297 e. The van der Waals surface area contributed by atoms with E-state index in [9.17, 15) is 9.59 Å². The average molecular weight is 247 g/mol. The van der Waals surface area contributed by atoms with Crippen LogP contribution in [-0.4, -0.2) is 24.4 Å². The van der Waals surface area contributed by atoms with Crippen LogP contribution in [0.15, 0.2) is 0 Å². The fourth-order valence-corrected chi connectivity index (χ4v) is 0.907. The van der Waals surface area contributed by atoms with Crippen molar-refractivity contribution in [1.82, 2.24) is 10.6 Å². The molecule has 0 aliphatic carbocycles. The van der Waals surface area contributed by atoms with Crippen molar-refractivity contribution in [3.63, 3.8) is 0 Å². The van der Waals surface area contributed by atoms with E-state index in [1.54, 1.807) is 13.8 Å². The van der Waals surface area contributed by atoms with Crippen molar-refractivity contribution in [2.75, 3.05) is 7.05 Å². The van der Waals surface area contributed by atoms with E-state index >= 15 is 0 Å². The van der Waals surface area contributed by atoms with Crippen LogP contribution in [0, 0.1) is 10.8 Å². The predicted octanol–water partition coefficient (Wildman–Crippen LogP) is -0.0170. The molecule has 0 rings (SSSR count). The summed E-state index contributed by atoms with van der Waals surface area (Å²) in [5.74, 6) is 1.46. The minimum atomic E-state index is -0.942. The highest BCUT2D eigenvalue weighted by molar-refractivity contribution is 9.12. The number of nitrogens with one attached hydrogen (secondary N) is 2. The average Bonchev–Trinajstić information content (AvgIpc) is 2.02. The summed E-state index contributed by atoms with van der Waals surface area (Å²) in [6.07, 6.45) is 0. The highest BCUT2D eigenvalue weighted by Crippen LogP contribution is 2.00. The number of likely N-dealkylation sites (N-methyl/N-ethyl adjacent to an activating group) is 1. The summed E-state index contributed by atoms with van der Waals surface area (Å²) in [6, 6.07) is 0. The Kier molecular flexibility index (Phi) is 4.49. The predicted molar refractivity (Wildman–Crippen MR) is 53.0 cm³/mol. The number of hydrogen-bond donors (Lipinski definition) is 2. The largest absolute Gasteiger partial charge is 0.357 e. The second-order valence-electron chi connectivity index (χ2n) is 2.88. The van der Waals surface area contributed by atoms with Gasteiger partial charge in [-0.1, -0.05) is 0 Å². The first-order valence-corrected chi connectivity index (χ1v) is 4.39. The van der Waals surface area contributed by atoms with Gasteiger partial charge in [0.1, 0.15) is 5.54 Å². The van der Waals surface area contributed by atoms with Gasteiger partial charge in [0.05, 0.1) is 0 Å². The van der Waals surface area contributed by atoms with Crippen LogP contribution in [0.3, 0.4) is 0 Å². The van der Waals surface area contributed by atoms with Gasteiger partial charge >= 0.3 is 0 Å². The minimum absolute atomic E-state index is 0.266. The monoisotopic (exact) mass is 246 g/mol. The number of hydrogen-bond acceptors (Lipinski definition) is 2.